The van der Waals surface area contributed by atoms with Crippen molar-refractivity contribution < 1.29 is 22.0 Å². The van der Waals surface area contributed by atoms with Gasteiger partial charge in [0.2, 0.25) is 5.91 Å². The first-order valence-electron chi connectivity index (χ1n) is 5.85. The Morgan fingerprint density at radius 1 is 1.30 bits per heavy atom. The van der Waals surface area contributed by atoms with Gasteiger partial charge in [0, 0.05) is 17.1 Å². The van der Waals surface area contributed by atoms with Gasteiger partial charge in [-0.25, -0.2) is 17.2 Å². The molecule has 1 N–H and O–H groups in total. The highest BCUT2D eigenvalue weighted by molar-refractivity contribution is 8.13. The molecule has 0 unspecified atom stereocenters. The summed E-state index contributed by atoms with van der Waals surface area (Å²) >= 11 is 0. The van der Waals surface area contributed by atoms with Gasteiger partial charge < -0.3 is 5.32 Å². The fourth-order valence-electron chi connectivity index (χ4n) is 1.43. The van der Waals surface area contributed by atoms with Gasteiger partial charge in [0.1, 0.15) is 5.69 Å². The number of benzene rings is 1. The molecule has 4 nitrogen and oxygen atoms in total. The summed E-state index contributed by atoms with van der Waals surface area (Å²) in [5.41, 5.74) is -0.678. The lowest BCUT2D eigenvalue weighted by atomic mass is 10.1. The van der Waals surface area contributed by atoms with Crippen LogP contribution in [0.3, 0.4) is 0 Å². The van der Waals surface area contributed by atoms with Crippen LogP contribution in [0.1, 0.15) is 26.7 Å². The second-order valence-corrected chi connectivity index (χ2v) is 7.25. The van der Waals surface area contributed by atoms with Gasteiger partial charge in [-0.3, -0.25) is 4.79 Å². The van der Waals surface area contributed by atoms with Crippen LogP contribution in [0.25, 0.3) is 0 Å². The van der Waals surface area contributed by atoms with Crippen molar-refractivity contribution in [2.24, 2.45) is 5.92 Å². The zero-order chi connectivity index (χ0) is 15.5. The number of amides is 1. The van der Waals surface area contributed by atoms with E-state index in [0.29, 0.717) is 18.6 Å². The van der Waals surface area contributed by atoms with Crippen LogP contribution in [0.4, 0.5) is 14.5 Å². The molecule has 0 aliphatic rings. The summed E-state index contributed by atoms with van der Waals surface area (Å²) in [7, 11) is 0.762. The Morgan fingerprint density at radius 3 is 2.20 bits per heavy atom. The highest BCUT2D eigenvalue weighted by Crippen LogP contribution is 2.25. The summed E-state index contributed by atoms with van der Waals surface area (Å²) in [4.78, 5) is 10.8. The molecule has 0 aliphatic carbocycles. The van der Waals surface area contributed by atoms with Crippen molar-refractivity contribution in [2.45, 2.75) is 31.6 Å². The Kier molecular flexibility index (Phi) is 5.47. The number of rotatable bonds is 5. The number of anilines is 1. The molecule has 0 aromatic heterocycles. The van der Waals surface area contributed by atoms with Crippen LogP contribution in [0.2, 0.25) is 0 Å². The van der Waals surface area contributed by atoms with E-state index >= 15 is 0 Å². The van der Waals surface area contributed by atoms with E-state index in [4.69, 9.17) is 10.7 Å². The van der Waals surface area contributed by atoms with Crippen molar-refractivity contribution in [3.05, 3.63) is 23.8 Å². The minimum absolute atomic E-state index is 0.117. The van der Waals surface area contributed by atoms with Crippen molar-refractivity contribution in [3.63, 3.8) is 0 Å². The lowest BCUT2D eigenvalue weighted by Crippen LogP contribution is -2.15. The zero-order valence-corrected chi connectivity index (χ0v) is 12.5. The third-order valence-corrected chi connectivity index (χ3v) is 3.84. The van der Waals surface area contributed by atoms with E-state index in [9.17, 15) is 22.0 Å². The first-order valence-corrected chi connectivity index (χ1v) is 8.15. The first-order chi connectivity index (χ1) is 9.11. The predicted octanol–water partition coefficient (Wildman–Crippen LogP) is 3.27. The summed E-state index contributed by atoms with van der Waals surface area (Å²) in [6.07, 6.45) is 0.690. The van der Waals surface area contributed by atoms with E-state index < -0.39 is 37.2 Å². The van der Waals surface area contributed by atoms with Crippen molar-refractivity contribution in [2.75, 3.05) is 5.32 Å². The average molecular weight is 326 g/mol. The fourth-order valence-corrected chi connectivity index (χ4v) is 2.19. The number of nitrogens with one attached hydrogen (secondary N) is 1. The highest BCUT2D eigenvalue weighted by atomic mass is 35.7. The second-order valence-electron chi connectivity index (χ2n) is 4.68. The van der Waals surface area contributed by atoms with Crippen LogP contribution in [0.15, 0.2) is 17.0 Å². The number of halogens is 3. The quantitative estimate of drug-likeness (QED) is 0.845. The van der Waals surface area contributed by atoms with Crippen LogP contribution >= 0.6 is 10.7 Å². The minimum Gasteiger partial charge on any atom is -0.321 e. The third-order valence-electron chi connectivity index (χ3n) is 2.51. The molecular formula is C12H14ClF2NO3S. The molecule has 0 heterocycles. The molecule has 20 heavy (non-hydrogen) atoms. The van der Waals surface area contributed by atoms with Crippen molar-refractivity contribution in [3.8, 4) is 0 Å². The van der Waals surface area contributed by atoms with E-state index in [0.717, 1.165) is 0 Å². The Balaban J connectivity index is 2.95. The van der Waals surface area contributed by atoms with Crippen LogP contribution in [-0.2, 0) is 13.8 Å². The Morgan fingerprint density at radius 2 is 1.80 bits per heavy atom. The number of carbonyl (C=O) groups excluding carboxylic acids is 1. The normalized spacial score (nSPS) is 11.7. The van der Waals surface area contributed by atoms with Crippen molar-refractivity contribution in [1.82, 2.24) is 0 Å². The minimum atomic E-state index is -4.23. The predicted molar refractivity (Wildman–Crippen MR) is 72.1 cm³/mol. The van der Waals surface area contributed by atoms with Gasteiger partial charge in [0.15, 0.2) is 11.6 Å². The SMILES string of the molecule is CC(C)CCC(=O)Nc1c(F)cc(S(=O)(=O)Cl)cc1F. The van der Waals surface area contributed by atoms with E-state index in [1.807, 2.05) is 13.8 Å². The molecule has 0 saturated heterocycles. The van der Waals surface area contributed by atoms with Gasteiger partial charge in [-0.1, -0.05) is 13.8 Å². The van der Waals surface area contributed by atoms with Gasteiger partial charge in [-0.2, -0.15) is 0 Å². The number of hydrogen-bond acceptors (Lipinski definition) is 3. The lowest BCUT2D eigenvalue weighted by molar-refractivity contribution is -0.116. The van der Waals surface area contributed by atoms with Crippen molar-refractivity contribution >= 4 is 31.3 Å². The molecule has 1 aromatic carbocycles. The number of hydrogen-bond donors (Lipinski definition) is 1. The third kappa shape index (κ3) is 4.72. The summed E-state index contributed by atoms with van der Waals surface area (Å²) in [5, 5.41) is 2.09. The molecule has 0 aliphatic heterocycles. The van der Waals surface area contributed by atoms with Crippen LogP contribution in [-0.4, -0.2) is 14.3 Å². The summed E-state index contributed by atoms with van der Waals surface area (Å²) in [6.45, 7) is 3.82. The fraction of sp³-hybridized carbons (Fsp3) is 0.417. The Hall–Kier alpha value is -1.21. The van der Waals surface area contributed by atoms with E-state index in [1.165, 1.54) is 0 Å². The molecule has 1 amide bonds. The van der Waals surface area contributed by atoms with Crippen LogP contribution in [0, 0.1) is 17.6 Å². The molecule has 0 fully saturated rings. The van der Waals surface area contributed by atoms with E-state index in [-0.39, 0.29) is 12.3 Å². The molecule has 0 saturated carbocycles. The average Bonchev–Trinajstić information content (AvgIpc) is 2.29. The van der Waals surface area contributed by atoms with Crippen LogP contribution in [0.5, 0.6) is 0 Å². The first kappa shape index (κ1) is 16.8. The monoisotopic (exact) mass is 325 g/mol. The second kappa shape index (κ2) is 6.49. The van der Waals surface area contributed by atoms with E-state index in [1.54, 1.807) is 0 Å². The summed E-state index contributed by atoms with van der Waals surface area (Å²) in [5.74, 6) is -2.65. The molecule has 8 heteroatoms. The van der Waals surface area contributed by atoms with Crippen molar-refractivity contribution in [1.29, 1.82) is 0 Å². The molecule has 112 valence electrons. The van der Waals surface area contributed by atoms with Gasteiger partial charge in [-0.05, 0) is 24.5 Å². The smallest absolute Gasteiger partial charge is 0.261 e. The summed E-state index contributed by atoms with van der Waals surface area (Å²) in [6, 6.07) is 1.12. The van der Waals surface area contributed by atoms with Gasteiger partial charge >= 0.3 is 0 Å². The number of carbonyl (C=O) groups is 1. The van der Waals surface area contributed by atoms with Gasteiger partial charge in [-0.15, -0.1) is 0 Å². The maximum Gasteiger partial charge on any atom is 0.261 e. The maximum absolute atomic E-state index is 13.6. The Bertz CT molecular complexity index is 594. The molecule has 1 rings (SSSR count). The Labute approximate surface area is 120 Å². The lowest BCUT2D eigenvalue weighted by Gasteiger charge is -2.09. The van der Waals surface area contributed by atoms with Gasteiger partial charge in [0.05, 0.1) is 4.90 Å². The maximum atomic E-state index is 13.6. The molecule has 0 bridgehead atoms. The van der Waals surface area contributed by atoms with Gasteiger partial charge in [0.25, 0.3) is 9.05 Å². The topological polar surface area (TPSA) is 63.2 Å². The molecular weight excluding hydrogens is 312 g/mol. The molecule has 1 aromatic rings. The summed E-state index contributed by atoms with van der Waals surface area (Å²) < 4.78 is 49.2. The highest BCUT2D eigenvalue weighted by Gasteiger charge is 2.19. The molecule has 0 radical (unpaired) electrons. The van der Waals surface area contributed by atoms with Crippen LogP contribution < -0.4 is 5.32 Å². The molecule has 0 spiro atoms. The van der Waals surface area contributed by atoms with E-state index in [2.05, 4.69) is 5.32 Å². The standard InChI is InChI=1S/C12H14ClF2NO3S/c1-7(2)3-4-11(17)16-12-9(14)5-8(6-10(12)15)20(13,18)19/h5-7H,3-4H2,1-2H3,(H,16,17). The molecule has 0 atom stereocenters. The zero-order valence-electron chi connectivity index (χ0n) is 10.9. The largest absolute Gasteiger partial charge is 0.321 e.